The standard InChI is InChI=1S/C8H6O4.Nd/c9-7(10)5-3-1-2-4-6(5)8(11)12;/h1-4H,(H,9,10)(H,11,12);. The molecule has 0 spiro atoms. The number of hydrogen-bond donors (Lipinski definition) is 2. The van der Waals surface area contributed by atoms with Crippen molar-refractivity contribution >= 4 is 11.9 Å². The first-order chi connectivity index (χ1) is 5.63. The maximum atomic E-state index is 10.5. The number of aromatic carboxylic acids is 2. The zero-order chi connectivity index (χ0) is 9.14. The summed E-state index contributed by atoms with van der Waals surface area (Å²) in [4.78, 5) is 20.9. The average Bonchev–Trinajstić information content (AvgIpc) is 2.04. The number of carboxylic acid groups (broad SMARTS) is 2. The Morgan fingerprint density at radius 2 is 1.23 bits per heavy atom. The Balaban J connectivity index is 0.00000144. The molecule has 1 rings (SSSR count). The molecule has 0 radical (unpaired) electrons. The fourth-order valence-corrected chi connectivity index (χ4v) is 0.856. The molecule has 0 fully saturated rings. The van der Waals surface area contributed by atoms with E-state index in [0.717, 1.165) is 0 Å². The van der Waals surface area contributed by atoms with E-state index in [1.807, 2.05) is 0 Å². The van der Waals surface area contributed by atoms with Gasteiger partial charge in [0.15, 0.2) is 0 Å². The Labute approximate surface area is 107 Å². The molecule has 0 saturated heterocycles. The van der Waals surface area contributed by atoms with Crippen LogP contribution in [0.25, 0.3) is 0 Å². The molecule has 0 aliphatic carbocycles. The number of rotatable bonds is 2. The minimum absolute atomic E-state index is 0. The molecule has 1 aromatic carbocycles. The predicted molar refractivity (Wildman–Crippen MR) is 40.4 cm³/mol. The van der Waals surface area contributed by atoms with Gasteiger partial charge in [0, 0.05) is 40.8 Å². The maximum Gasteiger partial charge on any atom is 0.336 e. The molecule has 0 heterocycles. The summed E-state index contributed by atoms with van der Waals surface area (Å²) >= 11 is 0. The van der Waals surface area contributed by atoms with Gasteiger partial charge >= 0.3 is 11.9 Å². The SMILES string of the molecule is O=C(O)c1ccccc1C(=O)O.[Nd]. The summed E-state index contributed by atoms with van der Waals surface area (Å²) < 4.78 is 0. The van der Waals surface area contributed by atoms with Gasteiger partial charge in [-0.3, -0.25) is 0 Å². The summed E-state index contributed by atoms with van der Waals surface area (Å²) in [5.41, 5.74) is -0.380. The van der Waals surface area contributed by atoms with Crippen LogP contribution in [0.3, 0.4) is 0 Å². The molecular weight excluding hydrogens is 304 g/mol. The summed E-state index contributed by atoms with van der Waals surface area (Å²) in [7, 11) is 0. The van der Waals surface area contributed by atoms with Crippen molar-refractivity contribution < 1.29 is 60.6 Å². The molecule has 2 N–H and O–H groups in total. The first-order valence-electron chi connectivity index (χ1n) is 3.18. The summed E-state index contributed by atoms with van der Waals surface area (Å²) in [5, 5.41) is 17.1. The molecule has 0 aliphatic heterocycles. The van der Waals surface area contributed by atoms with Crippen LogP contribution < -0.4 is 0 Å². The quantitative estimate of drug-likeness (QED) is 0.857. The molecule has 13 heavy (non-hydrogen) atoms. The van der Waals surface area contributed by atoms with Crippen LogP contribution in [0.15, 0.2) is 24.3 Å². The van der Waals surface area contributed by atoms with E-state index in [-0.39, 0.29) is 52.0 Å². The van der Waals surface area contributed by atoms with Crippen LogP contribution in [-0.4, -0.2) is 22.2 Å². The van der Waals surface area contributed by atoms with Gasteiger partial charge in [-0.1, -0.05) is 12.1 Å². The molecule has 0 bridgehead atoms. The van der Waals surface area contributed by atoms with Gasteiger partial charge in [-0.15, -0.1) is 0 Å². The van der Waals surface area contributed by atoms with Crippen molar-refractivity contribution in [2.45, 2.75) is 0 Å². The van der Waals surface area contributed by atoms with Crippen molar-refractivity contribution in [1.82, 2.24) is 0 Å². The first-order valence-corrected chi connectivity index (χ1v) is 3.18. The Morgan fingerprint density at radius 3 is 1.46 bits per heavy atom. The summed E-state index contributed by atoms with van der Waals surface area (Å²) in [5.74, 6) is -2.46. The molecule has 0 atom stereocenters. The van der Waals surface area contributed by atoms with Gasteiger partial charge in [-0.05, 0) is 12.1 Å². The van der Waals surface area contributed by atoms with Crippen LogP contribution in [0.2, 0.25) is 0 Å². The van der Waals surface area contributed by atoms with Crippen molar-refractivity contribution in [3.8, 4) is 0 Å². The van der Waals surface area contributed by atoms with Gasteiger partial charge in [0.2, 0.25) is 0 Å². The molecule has 4 nitrogen and oxygen atoms in total. The van der Waals surface area contributed by atoms with E-state index in [4.69, 9.17) is 10.2 Å². The van der Waals surface area contributed by atoms with Crippen LogP contribution in [0.1, 0.15) is 20.7 Å². The second kappa shape index (κ2) is 5.29. The van der Waals surface area contributed by atoms with Crippen LogP contribution in [-0.2, 0) is 0 Å². The van der Waals surface area contributed by atoms with Crippen LogP contribution in [0.5, 0.6) is 0 Å². The van der Waals surface area contributed by atoms with Gasteiger partial charge in [0.1, 0.15) is 0 Å². The van der Waals surface area contributed by atoms with E-state index in [0.29, 0.717) is 0 Å². The topological polar surface area (TPSA) is 74.6 Å². The molecule has 0 unspecified atom stereocenters. The van der Waals surface area contributed by atoms with Gasteiger partial charge < -0.3 is 10.2 Å². The molecule has 0 aromatic heterocycles. The summed E-state index contributed by atoms with van der Waals surface area (Å²) in [6.45, 7) is 0. The van der Waals surface area contributed by atoms with E-state index in [9.17, 15) is 9.59 Å². The van der Waals surface area contributed by atoms with Crippen LogP contribution in [0.4, 0.5) is 0 Å². The smallest absolute Gasteiger partial charge is 0.336 e. The number of carbonyl (C=O) groups is 2. The molecule has 5 heteroatoms. The van der Waals surface area contributed by atoms with Crippen molar-refractivity contribution in [3.05, 3.63) is 35.4 Å². The molecule has 0 aliphatic rings. The Kier molecular flexibility index (Phi) is 5.09. The van der Waals surface area contributed by atoms with Gasteiger partial charge in [0.05, 0.1) is 11.1 Å². The number of carboxylic acids is 2. The fraction of sp³-hybridized carbons (Fsp3) is 0. The monoisotopic (exact) mass is 308 g/mol. The molecule has 0 saturated carbocycles. The summed E-state index contributed by atoms with van der Waals surface area (Å²) in [6.07, 6.45) is 0. The summed E-state index contributed by atoms with van der Waals surface area (Å²) in [6, 6.07) is 5.48. The van der Waals surface area contributed by atoms with E-state index in [1.54, 1.807) is 0 Å². The normalized spacial score (nSPS) is 8.62. The Hall–Kier alpha value is -0.489. The third kappa shape index (κ3) is 3.04. The van der Waals surface area contributed by atoms with Gasteiger partial charge in [-0.2, -0.15) is 0 Å². The Bertz CT molecular complexity index is 302. The fourth-order valence-electron chi connectivity index (χ4n) is 0.856. The predicted octanol–water partition coefficient (Wildman–Crippen LogP) is 1.08. The zero-order valence-electron chi connectivity index (χ0n) is 6.52. The third-order valence-corrected chi connectivity index (χ3v) is 1.39. The van der Waals surface area contributed by atoms with Crippen molar-refractivity contribution in [1.29, 1.82) is 0 Å². The molecular formula is C8H6NdO4. The molecule has 66 valence electrons. The van der Waals surface area contributed by atoms with Crippen molar-refractivity contribution in [3.63, 3.8) is 0 Å². The minimum Gasteiger partial charge on any atom is -0.478 e. The van der Waals surface area contributed by atoms with Crippen molar-refractivity contribution in [2.24, 2.45) is 0 Å². The van der Waals surface area contributed by atoms with E-state index >= 15 is 0 Å². The largest absolute Gasteiger partial charge is 0.478 e. The second-order valence-corrected chi connectivity index (χ2v) is 2.16. The second-order valence-electron chi connectivity index (χ2n) is 2.16. The molecule has 0 amide bonds. The van der Waals surface area contributed by atoms with E-state index < -0.39 is 11.9 Å². The van der Waals surface area contributed by atoms with Crippen LogP contribution >= 0.6 is 0 Å². The van der Waals surface area contributed by atoms with E-state index in [1.165, 1.54) is 24.3 Å². The van der Waals surface area contributed by atoms with Crippen LogP contribution in [0, 0.1) is 40.8 Å². The Morgan fingerprint density at radius 1 is 0.923 bits per heavy atom. The molecule has 1 aromatic rings. The zero-order valence-corrected chi connectivity index (χ0v) is 9.73. The van der Waals surface area contributed by atoms with E-state index in [2.05, 4.69) is 0 Å². The third-order valence-electron chi connectivity index (χ3n) is 1.39. The first kappa shape index (κ1) is 12.5. The minimum atomic E-state index is -1.23. The van der Waals surface area contributed by atoms with Crippen molar-refractivity contribution in [2.75, 3.05) is 0 Å². The number of hydrogen-bond acceptors (Lipinski definition) is 2. The maximum absolute atomic E-state index is 10.5. The average molecular weight is 310 g/mol. The van der Waals surface area contributed by atoms with Gasteiger partial charge in [-0.25, -0.2) is 9.59 Å². The number of benzene rings is 1. The van der Waals surface area contributed by atoms with Gasteiger partial charge in [0.25, 0.3) is 0 Å².